The lowest BCUT2D eigenvalue weighted by atomic mass is 9.91. The van der Waals surface area contributed by atoms with Crippen LogP contribution in [0.5, 0.6) is 11.5 Å². The minimum Gasteiger partial charge on any atom is -0.496 e. The van der Waals surface area contributed by atoms with Crippen molar-refractivity contribution < 1.29 is 28.4 Å². The number of esters is 1. The van der Waals surface area contributed by atoms with Gasteiger partial charge in [0, 0.05) is 0 Å². The zero-order valence-corrected chi connectivity index (χ0v) is 21.9. The second-order valence-electron chi connectivity index (χ2n) is 7.74. The smallest absolute Gasteiger partial charge is 0.316 e. The van der Waals surface area contributed by atoms with Crippen LogP contribution < -0.4 is 9.47 Å². The van der Waals surface area contributed by atoms with Crippen LogP contribution >= 0.6 is 9.12 Å². The number of methoxy groups -OCH3 is 2. The van der Waals surface area contributed by atoms with Gasteiger partial charge in [0.15, 0.2) is 5.78 Å². The van der Waals surface area contributed by atoms with Crippen LogP contribution in [0, 0.1) is 5.92 Å². The number of benzene rings is 1. The van der Waals surface area contributed by atoms with Crippen LogP contribution in [0.2, 0.25) is 0 Å². The molecular weight excluding hydrogens is 427 g/mol. The van der Waals surface area contributed by atoms with Gasteiger partial charge in [0.1, 0.15) is 23.0 Å². The van der Waals surface area contributed by atoms with Crippen LogP contribution in [0.25, 0.3) is 0 Å². The van der Waals surface area contributed by atoms with E-state index in [4.69, 9.17) is 18.8 Å². The minimum atomic E-state index is -0.829. The fourth-order valence-electron chi connectivity index (χ4n) is 3.54. The quantitative estimate of drug-likeness (QED) is 0.0872. The summed E-state index contributed by atoms with van der Waals surface area (Å²) < 4.78 is 24.5. The monoisotopic (exact) mass is 470 g/mol. The summed E-state index contributed by atoms with van der Waals surface area (Å²) in [4.78, 5) is 26.0. The van der Waals surface area contributed by atoms with E-state index in [1.54, 1.807) is 18.2 Å². The summed E-state index contributed by atoms with van der Waals surface area (Å²) in [5, 5.41) is 0. The summed E-state index contributed by atoms with van der Waals surface area (Å²) in [6, 6.07) is 5.17. The van der Waals surface area contributed by atoms with E-state index in [1.165, 1.54) is 46.3 Å². The summed E-state index contributed by atoms with van der Waals surface area (Å²) >= 11 is 0. The molecule has 0 saturated carbocycles. The van der Waals surface area contributed by atoms with Crippen molar-refractivity contribution in [3.63, 3.8) is 0 Å². The van der Waals surface area contributed by atoms with Gasteiger partial charge in [0.2, 0.25) is 0 Å². The Labute approximate surface area is 196 Å². The van der Waals surface area contributed by atoms with Crippen molar-refractivity contribution >= 4 is 20.9 Å². The van der Waals surface area contributed by atoms with Crippen molar-refractivity contribution in [3.8, 4) is 11.5 Å². The standard InChI is InChI=1S/C25H40O5.H3OP/c1-5-7-9-10-11-12-13-14-19-30-25(27)20(16-8-6-2)24(26)23-21(28-3)17-15-18-22(23)29-4;1-2/h15,17-18,20H,5-14,16,19H2,1-4H3;2H3. The Morgan fingerprint density at radius 3 is 1.81 bits per heavy atom. The summed E-state index contributed by atoms with van der Waals surface area (Å²) in [7, 11) is 3.63. The largest absolute Gasteiger partial charge is 0.496 e. The van der Waals surface area contributed by atoms with Gasteiger partial charge in [-0.3, -0.25) is 9.59 Å². The van der Waals surface area contributed by atoms with Crippen molar-refractivity contribution in [1.29, 1.82) is 0 Å². The molecule has 2 atom stereocenters. The molecule has 0 aliphatic heterocycles. The first-order valence-electron chi connectivity index (χ1n) is 11.8. The zero-order chi connectivity index (χ0) is 24.2. The second kappa shape index (κ2) is 19.8. The molecule has 184 valence electrons. The number of carbonyl (C=O) groups excluding carboxylic acids is 2. The lowest BCUT2D eigenvalue weighted by Crippen LogP contribution is -2.27. The van der Waals surface area contributed by atoms with Gasteiger partial charge in [0.05, 0.1) is 29.9 Å². The van der Waals surface area contributed by atoms with E-state index in [0.29, 0.717) is 39.2 Å². The number of ether oxygens (including phenoxy) is 3. The number of unbranched alkanes of at least 4 members (excludes halogenated alkanes) is 8. The lowest BCUT2D eigenvalue weighted by molar-refractivity contribution is -0.147. The SMILES string of the molecule is CCCCCCCCCCOC(=O)C(CCCC)C(=O)c1c(OC)cccc1OC.O=[PH3]. The van der Waals surface area contributed by atoms with Gasteiger partial charge in [-0.25, -0.2) is 0 Å². The van der Waals surface area contributed by atoms with Crippen LogP contribution in [-0.4, -0.2) is 32.6 Å². The number of hydrogen-bond acceptors (Lipinski definition) is 6. The molecule has 1 aromatic carbocycles. The van der Waals surface area contributed by atoms with E-state index in [1.807, 2.05) is 6.92 Å². The molecule has 0 aromatic heterocycles. The first-order chi connectivity index (χ1) is 15.6. The van der Waals surface area contributed by atoms with Crippen LogP contribution in [0.15, 0.2) is 18.2 Å². The maximum atomic E-state index is 13.3. The molecule has 32 heavy (non-hydrogen) atoms. The van der Waals surface area contributed by atoms with Gasteiger partial charge >= 0.3 is 5.97 Å². The molecule has 0 aliphatic carbocycles. The maximum absolute atomic E-state index is 13.3. The maximum Gasteiger partial charge on any atom is 0.316 e. The first-order valence-corrected chi connectivity index (χ1v) is 12.4. The Morgan fingerprint density at radius 2 is 1.31 bits per heavy atom. The molecule has 0 N–H and O–H groups in total. The molecule has 0 bridgehead atoms. The Hall–Kier alpha value is -1.81. The Kier molecular flexibility index (Phi) is 18.7. The van der Waals surface area contributed by atoms with E-state index in [2.05, 4.69) is 6.92 Å². The Bertz CT molecular complexity index is 627. The fourth-order valence-corrected chi connectivity index (χ4v) is 3.54. The molecule has 6 nitrogen and oxygen atoms in total. The molecule has 0 spiro atoms. The van der Waals surface area contributed by atoms with Gasteiger partial charge in [-0.05, 0) is 25.0 Å². The molecule has 2 unspecified atom stereocenters. The molecule has 1 aromatic rings. The molecule has 0 aliphatic rings. The van der Waals surface area contributed by atoms with Crippen LogP contribution in [0.1, 0.15) is 94.8 Å². The number of hydrogen-bond donors (Lipinski definition) is 0. The van der Waals surface area contributed by atoms with Crippen molar-refractivity contribution in [3.05, 3.63) is 23.8 Å². The van der Waals surface area contributed by atoms with Gasteiger partial charge < -0.3 is 18.8 Å². The van der Waals surface area contributed by atoms with E-state index >= 15 is 0 Å². The van der Waals surface area contributed by atoms with Crippen LogP contribution in [0.3, 0.4) is 0 Å². The van der Waals surface area contributed by atoms with Gasteiger partial charge in [-0.1, -0.05) is 77.7 Å². The molecule has 0 heterocycles. The van der Waals surface area contributed by atoms with E-state index in [-0.39, 0.29) is 5.78 Å². The van der Waals surface area contributed by atoms with Crippen molar-refractivity contribution in [2.45, 2.75) is 84.5 Å². The Morgan fingerprint density at radius 1 is 0.812 bits per heavy atom. The molecular formula is C25H43O6P. The van der Waals surface area contributed by atoms with Gasteiger partial charge in [-0.15, -0.1) is 0 Å². The third-order valence-electron chi connectivity index (χ3n) is 5.36. The molecule has 7 heteroatoms. The predicted molar refractivity (Wildman–Crippen MR) is 132 cm³/mol. The highest BCUT2D eigenvalue weighted by molar-refractivity contribution is 7.00. The number of ketones is 1. The third-order valence-corrected chi connectivity index (χ3v) is 5.36. The average Bonchev–Trinajstić information content (AvgIpc) is 2.83. The highest BCUT2D eigenvalue weighted by atomic mass is 31.0. The fraction of sp³-hybridized carbons (Fsp3) is 0.680. The van der Waals surface area contributed by atoms with Crippen molar-refractivity contribution in [2.75, 3.05) is 20.8 Å². The molecule has 1 rings (SSSR count). The van der Waals surface area contributed by atoms with Crippen LogP contribution in [-0.2, 0) is 14.1 Å². The van der Waals surface area contributed by atoms with E-state index < -0.39 is 11.9 Å². The molecule has 0 fully saturated rings. The van der Waals surface area contributed by atoms with Gasteiger partial charge in [0.25, 0.3) is 0 Å². The highest BCUT2D eigenvalue weighted by Gasteiger charge is 2.32. The average molecular weight is 471 g/mol. The zero-order valence-electron chi connectivity index (χ0n) is 20.5. The highest BCUT2D eigenvalue weighted by Crippen LogP contribution is 2.32. The third kappa shape index (κ3) is 11.2. The summed E-state index contributed by atoms with van der Waals surface area (Å²) in [6.07, 6.45) is 11.6. The first kappa shape index (κ1) is 30.2. The Balaban J connectivity index is 0.00000466. The molecule has 0 saturated heterocycles. The van der Waals surface area contributed by atoms with Gasteiger partial charge in [-0.2, -0.15) is 0 Å². The predicted octanol–water partition coefficient (Wildman–Crippen LogP) is 6.32. The van der Waals surface area contributed by atoms with Crippen LogP contribution in [0.4, 0.5) is 0 Å². The number of rotatable bonds is 17. The summed E-state index contributed by atoms with van der Waals surface area (Å²) in [6.45, 7) is 4.63. The second-order valence-corrected chi connectivity index (χ2v) is 7.74. The summed E-state index contributed by atoms with van der Waals surface area (Å²) in [5.41, 5.74) is 0.313. The molecule has 0 radical (unpaired) electrons. The summed E-state index contributed by atoms with van der Waals surface area (Å²) in [5.74, 6) is -0.735. The number of carbonyl (C=O) groups is 2. The minimum absolute atomic E-state index is 0.293. The topological polar surface area (TPSA) is 78.9 Å². The van der Waals surface area contributed by atoms with Crippen molar-refractivity contribution in [2.24, 2.45) is 5.92 Å². The number of Topliss-reactive ketones (excluding diaryl/α,β-unsaturated/α-hetero) is 1. The lowest BCUT2D eigenvalue weighted by Gasteiger charge is -2.18. The van der Waals surface area contributed by atoms with E-state index in [9.17, 15) is 9.59 Å². The van der Waals surface area contributed by atoms with Crippen molar-refractivity contribution in [1.82, 2.24) is 0 Å². The van der Waals surface area contributed by atoms with E-state index in [0.717, 1.165) is 32.1 Å². The molecule has 0 amide bonds. The normalized spacial score (nSPS) is 11.2.